The number of hydrogen-bond donors (Lipinski definition) is 4. The third-order valence-electron chi connectivity index (χ3n) is 4.47. The Hall–Kier alpha value is -3.58. The summed E-state index contributed by atoms with van der Waals surface area (Å²) in [5.41, 5.74) is 3.50. The Morgan fingerprint density at radius 2 is 1.76 bits per heavy atom. The topological polar surface area (TPSA) is 104 Å². The van der Waals surface area contributed by atoms with Crippen LogP contribution in [-0.2, 0) is 19.7 Å². The molecule has 3 amide bonds. The predicted octanol–water partition coefficient (Wildman–Crippen LogP) is 3.33. The molecule has 7 nitrogen and oxygen atoms in total. The van der Waals surface area contributed by atoms with Crippen molar-refractivity contribution in [1.82, 2.24) is 10.6 Å². The van der Waals surface area contributed by atoms with Gasteiger partial charge in [0.05, 0.1) is 19.4 Å². The van der Waals surface area contributed by atoms with E-state index in [-0.39, 0.29) is 18.5 Å². The fraction of sp³-hybridized carbons (Fsp3) is 0.182. The molecule has 0 aliphatic rings. The quantitative estimate of drug-likeness (QED) is 0.494. The first-order valence-corrected chi connectivity index (χ1v) is 9.20. The van der Waals surface area contributed by atoms with E-state index in [1.54, 1.807) is 36.6 Å². The normalized spacial score (nSPS) is 10.4. The second-order valence-electron chi connectivity index (χ2n) is 6.53. The SMILES string of the molecule is Cc1cc(C(=O)NCc2ccco2)ccc1NC(=O)NCc1ccccc1CO. The molecule has 0 bridgehead atoms. The van der Waals surface area contributed by atoms with Gasteiger partial charge in [0.25, 0.3) is 5.91 Å². The first-order valence-electron chi connectivity index (χ1n) is 9.20. The second-order valence-corrected chi connectivity index (χ2v) is 6.53. The van der Waals surface area contributed by atoms with E-state index < -0.39 is 0 Å². The number of rotatable bonds is 7. The Balaban J connectivity index is 1.55. The number of benzene rings is 2. The maximum Gasteiger partial charge on any atom is 0.319 e. The molecule has 0 saturated carbocycles. The number of carbonyl (C=O) groups is 2. The minimum absolute atomic E-state index is 0.0813. The van der Waals surface area contributed by atoms with E-state index >= 15 is 0 Å². The van der Waals surface area contributed by atoms with Gasteiger partial charge in [0.1, 0.15) is 5.76 Å². The zero-order chi connectivity index (χ0) is 20.6. The van der Waals surface area contributed by atoms with Crippen LogP contribution in [0.4, 0.5) is 10.5 Å². The summed E-state index contributed by atoms with van der Waals surface area (Å²) in [4.78, 5) is 24.5. The van der Waals surface area contributed by atoms with Crippen LogP contribution in [0.25, 0.3) is 0 Å². The van der Waals surface area contributed by atoms with Gasteiger partial charge in [0.15, 0.2) is 0 Å². The molecule has 0 saturated heterocycles. The molecular weight excluding hydrogens is 370 g/mol. The van der Waals surface area contributed by atoms with Gasteiger partial charge < -0.3 is 25.5 Å². The minimum Gasteiger partial charge on any atom is -0.467 e. The molecule has 7 heteroatoms. The monoisotopic (exact) mass is 393 g/mol. The number of amides is 3. The molecule has 0 fully saturated rings. The number of aliphatic hydroxyl groups is 1. The van der Waals surface area contributed by atoms with Crippen LogP contribution in [0.3, 0.4) is 0 Å². The second kappa shape index (κ2) is 9.57. The molecule has 4 N–H and O–H groups in total. The molecule has 0 unspecified atom stereocenters. The van der Waals surface area contributed by atoms with Gasteiger partial charge in [-0.05, 0) is 53.9 Å². The van der Waals surface area contributed by atoms with Crippen LogP contribution in [0.2, 0.25) is 0 Å². The van der Waals surface area contributed by atoms with Crippen molar-refractivity contribution in [3.8, 4) is 0 Å². The van der Waals surface area contributed by atoms with Gasteiger partial charge in [-0.1, -0.05) is 24.3 Å². The molecule has 29 heavy (non-hydrogen) atoms. The van der Waals surface area contributed by atoms with E-state index in [0.717, 1.165) is 16.7 Å². The number of anilines is 1. The van der Waals surface area contributed by atoms with Gasteiger partial charge in [-0.15, -0.1) is 0 Å². The Morgan fingerprint density at radius 1 is 0.966 bits per heavy atom. The van der Waals surface area contributed by atoms with Crippen molar-refractivity contribution in [2.24, 2.45) is 0 Å². The zero-order valence-corrected chi connectivity index (χ0v) is 16.1. The first-order chi connectivity index (χ1) is 14.1. The Bertz CT molecular complexity index is 983. The van der Waals surface area contributed by atoms with Gasteiger partial charge in [0, 0.05) is 17.8 Å². The van der Waals surface area contributed by atoms with Gasteiger partial charge >= 0.3 is 6.03 Å². The fourth-order valence-corrected chi connectivity index (χ4v) is 2.85. The van der Waals surface area contributed by atoms with Gasteiger partial charge in [0.2, 0.25) is 0 Å². The van der Waals surface area contributed by atoms with Crippen molar-refractivity contribution >= 4 is 17.6 Å². The highest BCUT2D eigenvalue weighted by atomic mass is 16.3. The third-order valence-corrected chi connectivity index (χ3v) is 4.47. The summed E-state index contributed by atoms with van der Waals surface area (Å²) in [7, 11) is 0. The summed E-state index contributed by atoms with van der Waals surface area (Å²) < 4.78 is 5.19. The third kappa shape index (κ3) is 5.46. The summed E-state index contributed by atoms with van der Waals surface area (Å²) in [5.74, 6) is 0.453. The number of aryl methyl sites for hydroxylation is 1. The summed E-state index contributed by atoms with van der Waals surface area (Å²) >= 11 is 0. The van der Waals surface area contributed by atoms with E-state index in [9.17, 15) is 14.7 Å². The maximum atomic E-state index is 12.3. The lowest BCUT2D eigenvalue weighted by molar-refractivity contribution is 0.0948. The van der Waals surface area contributed by atoms with Crippen LogP contribution >= 0.6 is 0 Å². The summed E-state index contributed by atoms with van der Waals surface area (Å²) in [6.45, 7) is 2.35. The number of hydrogen-bond acceptors (Lipinski definition) is 4. The summed E-state index contributed by atoms with van der Waals surface area (Å²) in [6, 6.07) is 15.6. The van der Waals surface area contributed by atoms with Crippen molar-refractivity contribution in [3.63, 3.8) is 0 Å². The average Bonchev–Trinajstić information content (AvgIpc) is 3.26. The standard InChI is InChI=1S/C22H23N3O4/c1-15-11-16(21(27)23-13-19-7-4-10-29-19)8-9-20(15)25-22(28)24-12-17-5-2-3-6-18(17)14-26/h2-11,26H,12-14H2,1H3,(H,23,27)(H2,24,25,28). The number of carbonyl (C=O) groups excluding carboxylic acids is 2. The minimum atomic E-state index is -0.365. The molecule has 0 atom stereocenters. The highest BCUT2D eigenvalue weighted by Gasteiger charge is 2.10. The molecule has 0 aliphatic carbocycles. The van der Waals surface area contributed by atoms with Crippen molar-refractivity contribution < 1.29 is 19.1 Å². The van der Waals surface area contributed by atoms with E-state index in [1.165, 1.54) is 0 Å². The van der Waals surface area contributed by atoms with Crippen LogP contribution in [0.15, 0.2) is 65.3 Å². The van der Waals surface area contributed by atoms with Crippen LogP contribution in [0.1, 0.15) is 32.8 Å². The molecule has 1 aromatic heterocycles. The number of nitrogens with one attached hydrogen (secondary N) is 3. The first kappa shape index (κ1) is 20.2. The molecule has 0 radical (unpaired) electrons. The molecule has 1 heterocycles. The van der Waals surface area contributed by atoms with E-state index in [0.29, 0.717) is 30.1 Å². The molecular formula is C22H23N3O4. The van der Waals surface area contributed by atoms with Crippen LogP contribution in [0, 0.1) is 6.92 Å². The fourth-order valence-electron chi connectivity index (χ4n) is 2.85. The number of urea groups is 1. The molecule has 0 spiro atoms. The lowest BCUT2D eigenvalue weighted by Crippen LogP contribution is -2.29. The molecule has 0 aliphatic heterocycles. The zero-order valence-electron chi connectivity index (χ0n) is 16.1. The highest BCUT2D eigenvalue weighted by Crippen LogP contribution is 2.17. The van der Waals surface area contributed by atoms with E-state index in [2.05, 4.69) is 16.0 Å². The molecule has 3 rings (SSSR count). The van der Waals surface area contributed by atoms with Crippen molar-refractivity contribution in [1.29, 1.82) is 0 Å². The van der Waals surface area contributed by atoms with Crippen molar-refractivity contribution in [3.05, 3.63) is 88.9 Å². The lowest BCUT2D eigenvalue weighted by atomic mass is 10.1. The highest BCUT2D eigenvalue weighted by molar-refractivity contribution is 5.96. The van der Waals surface area contributed by atoms with Crippen LogP contribution < -0.4 is 16.0 Å². The average molecular weight is 393 g/mol. The van der Waals surface area contributed by atoms with Crippen LogP contribution in [-0.4, -0.2) is 17.0 Å². The lowest BCUT2D eigenvalue weighted by Gasteiger charge is -2.12. The number of furan rings is 1. The van der Waals surface area contributed by atoms with Gasteiger partial charge in [-0.3, -0.25) is 4.79 Å². The smallest absolute Gasteiger partial charge is 0.319 e. The van der Waals surface area contributed by atoms with Gasteiger partial charge in [-0.25, -0.2) is 4.79 Å². The van der Waals surface area contributed by atoms with Crippen molar-refractivity contribution in [2.45, 2.75) is 26.6 Å². The summed E-state index contributed by atoms with van der Waals surface area (Å²) in [5, 5.41) is 17.7. The predicted molar refractivity (Wildman–Crippen MR) is 109 cm³/mol. The molecule has 2 aromatic carbocycles. The largest absolute Gasteiger partial charge is 0.467 e. The Labute approximate surface area is 168 Å². The Kier molecular flexibility index (Phi) is 6.65. The van der Waals surface area contributed by atoms with Crippen LogP contribution in [0.5, 0.6) is 0 Å². The molecule has 150 valence electrons. The van der Waals surface area contributed by atoms with E-state index in [1.807, 2.05) is 31.2 Å². The number of aliphatic hydroxyl groups excluding tert-OH is 1. The summed E-state index contributed by atoms with van der Waals surface area (Å²) in [6.07, 6.45) is 1.56. The van der Waals surface area contributed by atoms with Crippen molar-refractivity contribution in [2.75, 3.05) is 5.32 Å². The van der Waals surface area contributed by atoms with E-state index in [4.69, 9.17) is 4.42 Å². The maximum absolute atomic E-state index is 12.3. The Morgan fingerprint density at radius 3 is 2.45 bits per heavy atom. The molecule has 3 aromatic rings. The van der Waals surface area contributed by atoms with Gasteiger partial charge in [-0.2, -0.15) is 0 Å².